The largest absolute Gasteiger partial charge is 0.497 e. The Labute approximate surface area is 226 Å². The number of rotatable bonds is 10. The Morgan fingerprint density at radius 1 is 1.08 bits per heavy atom. The number of nitrogens with zero attached hydrogens (tertiary/aromatic N) is 4. The normalized spacial score (nSPS) is 14.6. The lowest BCUT2D eigenvalue weighted by Crippen LogP contribution is -2.47. The van der Waals surface area contributed by atoms with E-state index in [0.29, 0.717) is 28.3 Å². The zero-order valence-corrected chi connectivity index (χ0v) is 22.2. The second kappa shape index (κ2) is 12.0. The third-order valence-electron chi connectivity index (χ3n) is 7.17. The van der Waals surface area contributed by atoms with Crippen LogP contribution in [0.2, 0.25) is 0 Å². The highest BCUT2D eigenvalue weighted by Crippen LogP contribution is 2.35. The average Bonchev–Trinajstić information content (AvgIpc) is 3.63. The first-order valence-electron chi connectivity index (χ1n) is 13.2. The van der Waals surface area contributed by atoms with Crippen molar-refractivity contribution in [2.75, 3.05) is 14.2 Å². The van der Waals surface area contributed by atoms with E-state index in [1.165, 1.54) is 4.90 Å². The van der Waals surface area contributed by atoms with E-state index < -0.39 is 6.04 Å². The number of ether oxygens (including phenoxy) is 2. The molecule has 1 atom stereocenters. The van der Waals surface area contributed by atoms with Gasteiger partial charge in [0, 0.05) is 11.6 Å². The van der Waals surface area contributed by atoms with Crippen LogP contribution in [-0.2, 0) is 22.7 Å². The predicted octanol–water partition coefficient (Wildman–Crippen LogP) is 4.26. The predicted molar refractivity (Wildman–Crippen MR) is 144 cm³/mol. The molecule has 0 spiro atoms. The standard InChI is InChI=1S/C29H33N5O5/c1-37-21-14-15-26(38-2)23(17-21)28(29(36)30-20-9-4-3-5-10-20)33(18-22-11-8-16-39-22)27(35)19-34-25-13-7-6-12-24(25)31-32-34/h6-8,11-17,20,28H,3-5,9-10,18-19H2,1-2H3,(H,30,36)/t28-/m1/s1. The van der Waals surface area contributed by atoms with Crippen LogP contribution < -0.4 is 14.8 Å². The van der Waals surface area contributed by atoms with Gasteiger partial charge in [-0.15, -0.1) is 5.10 Å². The second-order valence-corrected chi connectivity index (χ2v) is 9.69. The van der Waals surface area contributed by atoms with Crippen LogP contribution in [0.15, 0.2) is 65.3 Å². The van der Waals surface area contributed by atoms with Crippen molar-refractivity contribution >= 4 is 22.8 Å². The highest BCUT2D eigenvalue weighted by atomic mass is 16.5. The lowest BCUT2D eigenvalue weighted by Gasteiger charge is -2.33. The number of carbonyl (C=O) groups is 2. The Morgan fingerprint density at radius 3 is 2.64 bits per heavy atom. The minimum Gasteiger partial charge on any atom is -0.497 e. The maximum atomic E-state index is 14.1. The van der Waals surface area contributed by atoms with Gasteiger partial charge in [0.25, 0.3) is 0 Å². The van der Waals surface area contributed by atoms with Gasteiger partial charge in [-0.2, -0.15) is 0 Å². The summed E-state index contributed by atoms with van der Waals surface area (Å²) in [6.45, 7) is -0.0394. The number of methoxy groups -OCH3 is 2. The maximum Gasteiger partial charge on any atom is 0.247 e. The summed E-state index contributed by atoms with van der Waals surface area (Å²) in [5.74, 6) is 0.966. The summed E-state index contributed by atoms with van der Waals surface area (Å²) in [7, 11) is 3.10. The van der Waals surface area contributed by atoms with Crippen LogP contribution >= 0.6 is 0 Å². The summed E-state index contributed by atoms with van der Waals surface area (Å²) < 4.78 is 18.3. The Morgan fingerprint density at radius 2 is 1.90 bits per heavy atom. The molecule has 1 saturated carbocycles. The molecule has 1 fully saturated rings. The number of carbonyl (C=O) groups excluding carboxylic acids is 2. The Kier molecular flexibility index (Phi) is 8.10. The first-order valence-corrected chi connectivity index (χ1v) is 13.2. The molecule has 204 valence electrons. The number of hydrogen-bond donors (Lipinski definition) is 1. The molecule has 2 heterocycles. The van der Waals surface area contributed by atoms with E-state index in [1.807, 2.05) is 24.3 Å². The van der Waals surface area contributed by atoms with Gasteiger partial charge in [0.15, 0.2) is 0 Å². The molecular weight excluding hydrogens is 498 g/mol. The van der Waals surface area contributed by atoms with Gasteiger partial charge in [0.1, 0.15) is 35.4 Å². The quantitative estimate of drug-likeness (QED) is 0.325. The van der Waals surface area contributed by atoms with Crippen molar-refractivity contribution in [1.82, 2.24) is 25.2 Å². The summed E-state index contributed by atoms with van der Waals surface area (Å²) in [4.78, 5) is 29.7. The third-order valence-corrected chi connectivity index (χ3v) is 7.17. The van der Waals surface area contributed by atoms with Crippen molar-refractivity contribution in [3.05, 3.63) is 72.2 Å². The number of fused-ring (bicyclic) bond motifs is 1. The topological polar surface area (TPSA) is 112 Å². The summed E-state index contributed by atoms with van der Waals surface area (Å²) in [6.07, 6.45) is 6.65. The minimum absolute atomic E-state index is 0.0465. The maximum absolute atomic E-state index is 14.1. The van der Waals surface area contributed by atoms with Crippen molar-refractivity contribution < 1.29 is 23.5 Å². The second-order valence-electron chi connectivity index (χ2n) is 9.69. The summed E-state index contributed by atoms with van der Waals surface area (Å²) in [5, 5.41) is 11.6. The SMILES string of the molecule is COc1ccc(OC)c([C@H](C(=O)NC2CCCCC2)N(Cc2ccco2)C(=O)Cn2nnc3ccccc32)c1. The Balaban J connectivity index is 1.56. The van der Waals surface area contributed by atoms with E-state index in [0.717, 1.165) is 37.6 Å². The molecule has 0 aliphatic heterocycles. The van der Waals surface area contributed by atoms with Crippen molar-refractivity contribution in [3.63, 3.8) is 0 Å². The number of furan rings is 1. The molecule has 1 aliphatic rings. The zero-order chi connectivity index (χ0) is 27.2. The average molecular weight is 532 g/mol. The summed E-state index contributed by atoms with van der Waals surface area (Å²) >= 11 is 0. The van der Waals surface area contributed by atoms with Gasteiger partial charge < -0.3 is 24.1 Å². The molecule has 0 radical (unpaired) electrons. The molecule has 5 rings (SSSR count). The molecule has 0 unspecified atom stereocenters. The van der Waals surface area contributed by atoms with Crippen LogP contribution in [0, 0.1) is 0 Å². The molecule has 0 saturated heterocycles. The summed E-state index contributed by atoms with van der Waals surface area (Å²) in [6, 6.07) is 15.3. The molecule has 1 N–H and O–H groups in total. The van der Waals surface area contributed by atoms with Crippen LogP contribution in [0.4, 0.5) is 0 Å². The Bertz CT molecular complexity index is 1410. The van der Waals surface area contributed by atoms with Crippen LogP contribution in [0.25, 0.3) is 11.0 Å². The van der Waals surface area contributed by atoms with Crippen molar-refractivity contribution in [1.29, 1.82) is 0 Å². The van der Waals surface area contributed by atoms with Crippen molar-refractivity contribution in [2.24, 2.45) is 0 Å². The van der Waals surface area contributed by atoms with E-state index in [2.05, 4.69) is 15.6 Å². The minimum atomic E-state index is -1.01. The first kappa shape index (κ1) is 26.3. The molecular formula is C29H33N5O5. The molecule has 1 aliphatic carbocycles. The first-order chi connectivity index (χ1) is 19.1. The Hall–Kier alpha value is -4.34. The number of para-hydroxylation sites is 1. The monoisotopic (exact) mass is 531 g/mol. The lowest BCUT2D eigenvalue weighted by molar-refractivity contribution is -0.143. The fourth-order valence-electron chi connectivity index (χ4n) is 5.18. The molecule has 2 amide bonds. The number of aromatic nitrogens is 3. The van der Waals surface area contributed by atoms with Gasteiger partial charge in [-0.25, -0.2) is 4.68 Å². The van der Waals surface area contributed by atoms with Crippen molar-refractivity contribution in [3.8, 4) is 11.5 Å². The van der Waals surface area contributed by atoms with Gasteiger partial charge in [0.2, 0.25) is 11.8 Å². The number of nitrogens with one attached hydrogen (secondary N) is 1. The van der Waals surface area contributed by atoms with E-state index in [9.17, 15) is 9.59 Å². The molecule has 2 aromatic carbocycles. The number of amides is 2. The van der Waals surface area contributed by atoms with Crippen molar-refractivity contribution in [2.45, 2.75) is 57.3 Å². The van der Waals surface area contributed by atoms with Crippen LogP contribution in [0.3, 0.4) is 0 Å². The lowest BCUT2D eigenvalue weighted by atomic mass is 9.94. The number of benzene rings is 2. The van der Waals surface area contributed by atoms with Crippen LogP contribution in [0.5, 0.6) is 11.5 Å². The van der Waals surface area contributed by atoms with E-state index in [4.69, 9.17) is 13.9 Å². The smallest absolute Gasteiger partial charge is 0.247 e. The molecule has 10 heteroatoms. The van der Waals surface area contributed by atoms with Gasteiger partial charge >= 0.3 is 0 Å². The molecule has 0 bridgehead atoms. The number of hydrogen-bond acceptors (Lipinski definition) is 7. The van der Waals surface area contributed by atoms with Gasteiger partial charge in [-0.1, -0.05) is 36.6 Å². The molecule has 10 nitrogen and oxygen atoms in total. The van der Waals surface area contributed by atoms with E-state index >= 15 is 0 Å². The van der Waals surface area contributed by atoms with Gasteiger partial charge in [0.05, 0.1) is 32.5 Å². The fourth-order valence-corrected chi connectivity index (χ4v) is 5.18. The molecule has 4 aromatic rings. The van der Waals surface area contributed by atoms with Gasteiger partial charge in [-0.05, 0) is 55.3 Å². The van der Waals surface area contributed by atoms with Gasteiger partial charge in [-0.3, -0.25) is 9.59 Å². The van der Waals surface area contributed by atoms with Crippen LogP contribution in [0.1, 0.15) is 49.5 Å². The zero-order valence-electron chi connectivity index (χ0n) is 22.2. The third kappa shape index (κ3) is 5.89. The molecule has 2 aromatic heterocycles. The van der Waals surface area contributed by atoms with E-state index in [1.54, 1.807) is 55.5 Å². The van der Waals surface area contributed by atoms with Crippen LogP contribution in [-0.4, -0.2) is 52.0 Å². The molecule has 39 heavy (non-hydrogen) atoms. The highest BCUT2D eigenvalue weighted by Gasteiger charge is 2.36. The van der Waals surface area contributed by atoms with E-state index in [-0.39, 0.29) is 30.9 Å². The summed E-state index contributed by atoms with van der Waals surface area (Å²) in [5.41, 5.74) is 1.93. The fraction of sp³-hybridized carbons (Fsp3) is 0.379. The highest BCUT2D eigenvalue weighted by molar-refractivity contribution is 5.90.